The van der Waals surface area contributed by atoms with Crippen LogP contribution in [0, 0.1) is 17.0 Å². The fourth-order valence-electron chi connectivity index (χ4n) is 2.89. The lowest BCUT2D eigenvalue weighted by atomic mass is 10.1. The predicted molar refractivity (Wildman–Crippen MR) is 123 cm³/mol. The number of hydrogen-bond donors (Lipinski definition) is 2. The molecular formula is C23H19ClN4O4. The van der Waals surface area contributed by atoms with Gasteiger partial charge in [-0.2, -0.15) is 5.10 Å². The molecule has 0 saturated carbocycles. The van der Waals surface area contributed by atoms with E-state index in [0.29, 0.717) is 33.1 Å². The highest BCUT2D eigenvalue weighted by molar-refractivity contribution is 6.30. The van der Waals surface area contributed by atoms with Crippen molar-refractivity contribution in [3.8, 4) is 0 Å². The minimum Gasteiger partial charge on any atom is -0.322 e. The molecule has 32 heavy (non-hydrogen) atoms. The number of carbonyl (C=O) groups is 2. The van der Waals surface area contributed by atoms with Gasteiger partial charge in [-0.1, -0.05) is 23.7 Å². The normalized spacial score (nSPS) is 11.0. The first-order valence-corrected chi connectivity index (χ1v) is 9.89. The number of hydrogen-bond acceptors (Lipinski definition) is 5. The molecule has 8 nitrogen and oxygen atoms in total. The average molecular weight is 451 g/mol. The van der Waals surface area contributed by atoms with Gasteiger partial charge in [-0.05, 0) is 67.9 Å². The predicted octanol–water partition coefficient (Wildman–Crippen LogP) is 4.96. The molecule has 162 valence electrons. The van der Waals surface area contributed by atoms with Gasteiger partial charge in [0.05, 0.1) is 10.6 Å². The van der Waals surface area contributed by atoms with E-state index in [1.165, 1.54) is 18.2 Å². The summed E-state index contributed by atoms with van der Waals surface area (Å²) in [5, 5.41) is 18.4. The smallest absolute Gasteiger partial charge is 0.272 e. The Kier molecular flexibility index (Phi) is 6.97. The van der Waals surface area contributed by atoms with Crippen molar-refractivity contribution in [1.29, 1.82) is 0 Å². The number of halogens is 1. The van der Waals surface area contributed by atoms with Crippen LogP contribution in [0.3, 0.4) is 0 Å². The van der Waals surface area contributed by atoms with Crippen LogP contribution >= 0.6 is 11.6 Å². The van der Waals surface area contributed by atoms with Crippen LogP contribution in [-0.4, -0.2) is 22.4 Å². The molecule has 3 aromatic rings. The van der Waals surface area contributed by atoms with E-state index in [4.69, 9.17) is 11.6 Å². The third-order valence-corrected chi connectivity index (χ3v) is 4.88. The highest BCUT2D eigenvalue weighted by Crippen LogP contribution is 2.19. The maximum absolute atomic E-state index is 12.4. The Hall–Kier alpha value is -4.04. The fraction of sp³-hybridized carbons (Fsp3) is 0.0870. The molecule has 0 aliphatic carbocycles. The summed E-state index contributed by atoms with van der Waals surface area (Å²) >= 11 is 5.85. The molecule has 0 aliphatic rings. The summed E-state index contributed by atoms with van der Waals surface area (Å²) in [4.78, 5) is 35.2. The van der Waals surface area contributed by atoms with E-state index < -0.39 is 10.8 Å². The minimum absolute atomic E-state index is 0.0568. The fourth-order valence-corrected chi connectivity index (χ4v) is 3.02. The molecule has 3 rings (SSSR count). The van der Waals surface area contributed by atoms with Crippen molar-refractivity contribution < 1.29 is 14.5 Å². The highest BCUT2D eigenvalue weighted by atomic mass is 35.5. The number of hydrazone groups is 1. The van der Waals surface area contributed by atoms with Crippen molar-refractivity contribution in [2.45, 2.75) is 13.8 Å². The van der Waals surface area contributed by atoms with E-state index in [1.54, 1.807) is 62.4 Å². The second-order valence-corrected chi connectivity index (χ2v) is 7.37. The Morgan fingerprint density at radius 3 is 2.28 bits per heavy atom. The number of nitrogens with one attached hydrogen (secondary N) is 2. The first-order valence-electron chi connectivity index (χ1n) is 9.51. The number of nitrogens with zero attached hydrogens (tertiary/aromatic N) is 2. The molecule has 0 bridgehead atoms. The quantitative estimate of drug-likeness (QED) is 0.313. The second-order valence-electron chi connectivity index (χ2n) is 6.94. The monoisotopic (exact) mass is 450 g/mol. The number of rotatable bonds is 6. The molecular weight excluding hydrogens is 432 g/mol. The molecule has 0 unspecified atom stereocenters. The Labute approximate surface area is 189 Å². The SMILES string of the molecule is CC(=NNC(=O)c1ccc([N+](=O)[O-])c(C)c1)c1cccc(NC(=O)c2ccc(Cl)cc2)c1. The molecule has 0 fully saturated rings. The molecule has 0 spiro atoms. The van der Waals surface area contributed by atoms with Gasteiger partial charge in [0.2, 0.25) is 0 Å². The van der Waals surface area contributed by atoms with Gasteiger partial charge >= 0.3 is 0 Å². The zero-order valence-electron chi connectivity index (χ0n) is 17.3. The van der Waals surface area contributed by atoms with E-state index >= 15 is 0 Å². The van der Waals surface area contributed by atoms with Gasteiger partial charge in [0.15, 0.2) is 0 Å². The van der Waals surface area contributed by atoms with Crippen LogP contribution in [0.2, 0.25) is 5.02 Å². The van der Waals surface area contributed by atoms with Crippen LogP contribution in [0.1, 0.15) is 38.8 Å². The summed E-state index contributed by atoms with van der Waals surface area (Å²) in [7, 11) is 0. The first kappa shape index (κ1) is 22.6. The number of carbonyl (C=O) groups excluding carboxylic acids is 2. The van der Waals surface area contributed by atoms with E-state index in [0.717, 1.165) is 0 Å². The lowest BCUT2D eigenvalue weighted by molar-refractivity contribution is -0.385. The standard InChI is InChI=1S/C23H19ClN4O4/c1-14-12-18(8-11-21(14)28(31)32)23(30)27-26-15(2)17-4-3-5-20(13-17)25-22(29)16-6-9-19(24)10-7-16/h3-13H,1-2H3,(H,25,29)(H,27,30). The summed E-state index contributed by atoms with van der Waals surface area (Å²) in [5.41, 5.74) is 5.27. The second kappa shape index (κ2) is 9.84. The van der Waals surface area contributed by atoms with Crippen molar-refractivity contribution in [3.05, 3.63) is 104 Å². The molecule has 0 saturated heterocycles. The number of amides is 2. The Morgan fingerprint density at radius 1 is 0.938 bits per heavy atom. The van der Waals surface area contributed by atoms with Crippen LogP contribution in [0.25, 0.3) is 0 Å². The van der Waals surface area contributed by atoms with Crippen molar-refractivity contribution >= 4 is 40.5 Å². The summed E-state index contributed by atoms with van der Waals surface area (Å²) < 4.78 is 0. The molecule has 2 N–H and O–H groups in total. The van der Waals surface area contributed by atoms with Gasteiger partial charge in [0, 0.05) is 33.5 Å². The third-order valence-electron chi connectivity index (χ3n) is 4.63. The minimum atomic E-state index is -0.502. The Morgan fingerprint density at radius 2 is 1.62 bits per heavy atom. The summed E-state index contributed by atoms with van der Waals surface area (Å²) in [6.45, 7) is 3.27. The van der Waals surface area contributed by atoms with Gasteiger partial charge in [-0.3, -0.25) is 19.7 Å². The lowest BCUT2D eigenvalue weighted by Crippen LogP contribution is -2.19. The van der Waals surface area contributed by atoms with Crippen molar-refractivity contribution in [3.63, 3.8) is 0 Å². The molecule has 2 amide bonds. The van der Waals surface area contributed by atoms with E-state index in [2.05, 4.69) is 15.8 Å². The number of nitro benzene ring substituents is 1. The van der Waals surface area contributed by atoms with Crippen molar-refractivity contribution in [2.75, 3.05) is 5.32 Å². The van der Waals surface area contributed by atoms with Gasteiger partial charge in [0.1, 0.15) is 0 Å². The van der Waals surface area contributed by atoms with Crippen LogP contribution in [0.4, 0.5) is 11.4 Å². The average Bonchev–Trinajstić information content (AvgIpc) is 2.77. The van der Waals surface area contributed by atoms with Crippen molar-refractivity contribution in [1.82, 2.24) is 5.43 Å². The molecule has 0 atom stereocenters. The number of anilines is 1. The molecule has 0 aliphatic heterocycles. The van der Waals surface area contributed by atoms with E-state index in [9.17, 15) is 19.7 Å². The number of nitro groups is 1. The zero-order valence-corrected chi connectivity index (χ0v) is 18.0. The summed E-state index contributed by atoms with van der Waals surface area (Å²) in [5.74, 6) is -0.773. The number of aryl methyl sites for hydroxylation is 1. The Bertz CT molecular complexity index is 1220. The van der Waals surface area contributed by atoms with Crippen LogP contribution in [-0.2, 0) is 0 Å². The molecule has 3 aromatic carbocycles. The molecule has 0 heterocycles. The Balaban J connectivity index is 1.69. The summed E-state index contributed by atoms with van der Waals surface area (Å²) in [6.07, 6.45) is 0. The number of benzene rings is 3. The van der Waals surface area contributed by atoms with Gasteiger partial charge in [-0.15, -0.1) is 0 Å². The van der Waals surface area contributed by atoms with Gasteiger partial charge in [-0.25, -0.2) is 5.43 Å². The van der Waals surface area contributed by atoms with Crippen molar-refractivity contribution in [2.24, 2.45) is 5.10 Å². The maximum Gasteiger partial charge on any atom is 0.272 e. The van der Waals surface area contributed by atoms with Crippen LogP contribution in [0.5, 0.6) is 0 Å². The molecule has 9 heteroatoms. The molecule has 0 radical (unpaired) electrons. The maximum atomic E-state index is 12.4. The third kappa shape index (κ3) is 5.55. The zero-order chi connectivity index (χ0) is 23.3. The van der Waals surface area contributed by atoms with Crippen LogP contribution in [0.15, 0.2) is 71.8 Å². The van der Waals surface area contributed by atoms with Gasteiger partial charge < -0.3 is 5.32 Å². The van der Waals surface area contributed by atoms with Crippen LogP contribution < -0.4 is 10.7 Å². The largest absolute Gasteiger partial charge is 0.322 e. The van der Waals surface area contributed by atoms with Gasteiger partial charge in [0.25, 0.3) is 17.5 Å². The molecule has 0 aromatic heterocycles. The van der Waals surface area contributed by atoms with E-state index in [-0.39, 0.29) is 17.2 Å². The lowest BCUT2D eigenvalue weighted by Gasteiger charge is -2.08. The highest BCUT2D eigenvalue weighted by Gasteiger charge is 2.14. The summed E-state index contributed by atoms with van der Waals surface area (Å²) in [6, 6.07) is 17.6. The first-order chi connectivity index (χ1) is 15.2. The van der Waals surface area contributed by atoms with E-state index in [1.807, 2.05) is 0 Å². The topological polar surface area (TPSA) is 114 Å².